The molecule has 0 radical (unpaired) electrons. The minimum Gasteiger partial charge on any atom is -0.300 e. The van der Waals surface area contributed by atoms with E-state index in [2.05, 4.69) is 23.9 Å². The molecule has 4 nitrogen and oxygen atoms in total. The molecule has 0 aromatic heterocycles. The number of rotatable bonds is 2. The van der Waals surface area contributed by atoms with Gasteiger partial charge in [-0.3, -0.25) is 4.79 Å². The minimum atomic E-state index is -0.105. The third-order valence-electron chi connectivity index (χ3n) is 2.74. The van der Waals surface area contributed by atoms with Gasteiger partial charge in [0, 0.05) is 23.8 Å². The van der Waals surface area contributed by atoms with E-state index in [9.17, 15) is 4.79 Å². The quantitative estimate of drug-likeness (QED) is 0.367. The van der Waals surface area contributed by atoms with Gasteiger partial charge >= 0.3 is 0 Å². The van der Waals surface area contributed by atoms with Crippen LogP contribution in [0.4, 0.5) is 0 Å². The summed E-state index contributed by atoms with van der Waals surface area (Å²) >= 11 is 0. The SMILES string of the molecule is CC(C)C1CCC(=O)CC1N=[N+]=[N-]. The van der Waals surface area contributed by atoms with Gasteiger partial charge in [-0.2, -0.15) is 0 Å². The highest BCUT2D eigenvalue weighted by Crippen LogP contribution is 2.30. The molecule has 1 aliphatic carbocycles. The first kappa shape index (κ1) is 10.1. The fraction of sp³-hybridized carbons (Fsp3) is 0.889. The van der Waals surface area contributed by atoms with E-state index in [-0.39, 0.29) is 11.8 Å². The largest absolute Gasteiger partial charge is 0.300 e. The number of hydrogen-bond acceptors (Lipinski definition) is 2. The third kappa shape index (κ3) is 2.46. The predicted octanol–water partition coefficient (Wildman–Crippen LogP) is 2.69. The van der Waals surface area contributed by atoms with E-state index in [1.165, 1.54) is 0 Å². The third-order valence-corrected chi connectivity index (χ3v) is 2.74. The molecule has 2 unspecified atom stereocenters. The van der Waals surface area contributed by atoms with Gasteiger partial charge in [-0.25, -0.2) is 0 Å². The molecule has 1 rings (SSSR count). The summed E-state index contributed by atoms with van der Waals surface area (Å²) in [6, 6.07) is -0.105. The monoisotopic (exact) mass is 181 g/mol. The topological polar surface area (TPSA) is 65.8 Å². The first-order valence-electron chi connectivity index (χ1n) is 4.71. The molecule has 0 saturated heterocycles. The van der Waals surface area contributed by atoms with E-state index in [1.54, 1.807) is 0 Å². The van der Waals surface area contributed by atoms with E-state index in [1.807, 2.05) is 0 Å². The average Bonchev–Trinajstić information content (AvgIpc) is 2.04. The summed E-state index contributed by atoms with van der Waals surface area (Å²) in [6.07, 6.45) is 1.97. The molecular weight excluding hydrogens is 166 g/mol. The minimum absolute atomic E-state index is 0.105. The normalized spacial score (nSPS) is 28.7. The zero-order valence-corrected chi connectivity index (χ0v) is 8.10. The van der Waals surface area contributed by atoms with E-state index < -0.39 is 0 Å². The number of carbonyl (C=O) groups excluding carboxylic acids is 1. The molecule has 0 amide bonds. The Balaban J connectivity index is 2.71. The van der Waals surface area contributed by atoms with Crippen molar-refractivity contribution in [2.24, 2.45) is 17.0 Å². The maximum Gasteiger partial charge on any atom is 0.133 e. The van der Waals surface area contributed by atoms with Crippen molar-refractivity contribution in [3.8, 4) is 0 Å². The number of ketones is 1. The van der Waals surface area contributed by atoms with Gasteiger partial charge in [0.05, 0.1) is 0 Å². The lowest BCUT2D eigenvalue weighted by Gasteiger charge is -2.30. The lowest BCUT2D eigenvalue weighted by Crippen LogP contribution is -2.31. The van der Waals surface area contributed by atoms with Crippen LogP contribution in [-0.4, -0.2) is 11.8 Å². The van der Waals surface area contributed by atoms with Gasteiger partial charge in [-0.05, 0) is 23.8 Å². The lowest BCUT2D eigenvalue weighted by molar-refractivity contribution is -0.121. The Kier molecular flexibility index (Phi) is 3.32. The summed E-state index contributed by atoms with van der Waals surface area (Å²) in [5.74, 6) is 1.10. The number of Topliss-reactive ketones (excluding diaryl/α,β-unsaturated/α-hetero) is 1. The van der Waals surface area contributed by atoms with Gasteiger partial charge in [-0.15, -0.1) is 0 Å². The molecule has 0 heterocycles. The van der Waals surface area contributed by atoms with Crippen LogP contribution >= 0.6 is 0 Å². The summed E-state index contributed by atoms with van der Waals surface area (Å²) in [5.41, 5.74) is 8.35. The van der Waals surface area contributed by atoms with Crippen molar-refractivity contribution >= 4 is 5.78 Å². The molecule has 1 aliphatic rings. The molecule has 0 aromatic rings. The summed E-state index contributed by atoms with van der Waals surface area (Å²) < 4.78 is 0. The molecule has 0 spiro atoms. The number of nitrogens with zero attached hydrogens (tertiary/aromatic N) is 3. The van der Waals surface area contributed by atoms with Crippen LogP contribution in [0.5, 0.6) is 0 Å². The first-order chi connectivity index (χ1) is 6.15. The van der Waals surface area contributed by atoms with Gasteiger partial charge in [0.1, 0.15) is 5.78 Å². The second-order valence-electron chi connectivity index (χ2n) is 3.96. The van der Waals surface area contributed by atoms with E-state index in [4.69, 9.17) is 5.53 Å². The predicted molar refractivity (Wildman–Crippen MR) is 50.1 cm³/mol. The van der Waals surface area contributed by atoms with Crippen LogP contribution in [0.1, 0.15) is 33.1 Å². The molecule has 2 atom stereocenters. The Morgan fingerprint density at radius 3 is 2.85 bits per heavy atom. The molecule has 0 aromatic carbocycles. The molecule has 4 heteroatoms. The first-order valence-corrected chi connectivity index (χ1v) is 4.71. The van der Waals surface area contributed by atoms with Crippen LogP contribution in [0.2, 0.25) is 0 Å². The van der Waals surface area contributed by atoms with E-state index in [0.717, 1.165) is 6.42 Å². The summed E-state index contributed by atoms with van der Waals surface area (Å²) in [5, 5.41) is 3.70. The molecule has 1 fully saturated rings. The second-order valence-corrected chi connectivity index (χ2v) is 3.96. The van der Waals surface area contributed by atoms with Gasteiger partial charge in [0.2, 0.25) is 0 Å². The van der Waals surface area contributed by atoms with Crippen LogP contribution < -0.4 is 0 Å². The van der Waals surface area contributed by atoms with Crippen LogP contribution in [0.15, 0.2) is 5.11 Å². The van der Waals surface area contributed by atoms with Gasteiger partial charge in [0.15, 0.2) is 0 Å². The van der Waals surface area contributed by atoms with Crippen molar-refractivity contribution < 1.29 is 4.79 Å². The Morgan fingerprint density at radius 1 is 1.62 bits per heavy atom. The highest BCUT2D eigenvalue weighted by molar-refractivity contribution is 5.79. The van der Waals surface area contributed by atoms with Crippen LogP contribution in [-0.2, 0) is 4.79 Å². The van der Waals surface area contributed by atoms with Crippen LogP contribution in [0, 0.1) is 11.8 Å². The number of azide groups is 1. The summed E-state index contributed by atoms with van der Waals surface area (Å²) in [4.78, 5) is 13.9. The fourth-order valence-corrected chi connectivity index (χ4v) is 1.98. The number of carbonyl (C=O) groups is 1. The zero-order valence-electron chi connectivity index (χ0n) is 8.10. The second kappa shape index (κ2) is 4.28. The maximum absolute atomic E-state index is 11.1. The highest BCUT2D eigenvalue weighted by atomic mass is 16.1. The Hall–Kier alpha value is -1.02. The van der Waals surface area contributed by atoms with Crippen molar-refractivity contribution in [1.29, 1.82) is 0 Å². The van der Waals surface area contributed by atoms with Crippen LogP contribution in [0.25, 0.3) is 10.4 Å². The van der Waals surface area contributed by atoms with E-state index >= 15 is 0 Å². The average molecular weight is 181 g/mol. The van der Waals surface area contributed by atoms with Gasteiger partial charge in [-0.1, -0.05) is 19.0 Å². The van der Waals surface area contributed by atoms with Gasteiger partial charge in [0.25, 0.3) is 0 Å². The lowest BCUT2D eigenvalue weighted by atomic mass is 9.78. The van der Waals surface area contributed by atoms with Crippen molar-refractivity contribution in [3.05, 3.63) is 10.4 Å². The zero-order chi connectivity index (χ0) is 9.84. The molecular formula is C9H15N3O. The van der Waals surface area contributed by atoms with Gasteiger partial charge < -0.3 is 0 Å². The Bertz CT molecular complexity index is 243. The van der Waals surface area contributed by atoms with Crippen molar-refractivity contribution in [3.63, 3.8) is 0 Å². The van der Waals surface area contributed by atoms with Crippen molar-refractivity contribution in [2.75, 3.05) is 0 Å². The summed E-state index contributed by atoms with van der Waals surface area (Å²) in [6.45, 7) is 4.22. The molecule has 72 valence electrons. The van der Waals surface area contributed by atoms with E-state index in [0.29, 0.717) is 24.7 Å². The summed E-state index contributed by atoms with van der Waals surface area (Å²) in [7, 11) is 0. The van der Waals surface area contributed by atoms with Crippen molar-refractivity contribution in [2.45, 2.75) is 39.2 Å². The molecule has 13 heavy (non-hydrogen) atoms. The molecule has 0 aliphatic heterocycles. The molecule has 1 saturated carbocycles. The number of hydrogen-bond donors (Lipinski definition) is 0. The standard InChI is InChI=1S/C9H15N3O/c1-6(2)8-4-3-7(13)5-9(8)11-12-10/h6,8-9H,3-5H2,1-2H3. The maximum atomic E-state index is 11.1. The molecule has 0 bridgehead atoms. The smallest absolute Gasteiger partial charge is 0.133 e. The molecule has 0 N–H and O–H groups in total. The van der Waals surface area contributed by atoms with Crippen LogP contribution in [0.3, 0.4) is 0 Å². The Labute approximate surface area is 77.9 Å². The van der Waals surface area contributed by atoms with Crippen molar-refractivity contribution in [1.82, 2.24) is 0 Å². The highest BCUT2D eigenvalue weighted by Gasteiger charge is 2.30. The Morgan fingerprint density at radius 2 is 2.31 bits per heavy atom. The fourth-order valence-electron chi connectivity index (χ4n) is 1.98.